The summed E-state index contributed by atoms with van der Waals surface area (Å²) >= 11 is 3.15. The van der Waals surface area contributed by atoms with Gasteiger partial charge in [-0.3, -0.25) is 0 Å². The lowest BCUT2D eigenvalue weighted by atomic mass is 10.3. The number of ether oxygens (including phenoxy) is 1. The van der Waals surface area contributed by atoms with E-state index in [1.54, 1.807) is 6.92 Å². The van der Waals surface area contributed by atoms with Gasteiger partial charge in [-0.1, -0.05) is 15.9 Å². The van der Waals surface area contributed by atoms with E-state index in [1.165, 1.54) is 6.20 Å². The van der Waals surface area contributed by atoms with Gasteiger partial charge in [0, 0.05) is 0 Å². The van der Waals surface area contributed by atoms with Crippen molar-refractivity contribution in [3.05, 3.63) is 10.7 Å². The minimum absolute atomic E-state index is 0.364. The summed E-state index contributed by atoms with van der Waals surface area (Å²) in [6.07, 6.45) is 1.49. The molecule has 11 heavy (non-hydrogen) atoms. The zero-order valence-corrected chi connectivity index (χ0v) is 7.54. The van der Waals surface area contributed by atoms with Gasteiger partial charge in [-0.15, -0.1) is 0 Å². The second-order valence-corrected chi connectivity index (χ2v) is 2.82. The third-order valence-electron chi connectivity index (χ3n) is 1.13. The van der Waals surface area contributed by atoms with Crippen molar-refractivity contribution >= 4 is 21.9 Å². The van der Waals surface area contributed by atoms with Gasteiger partial charge in [0.1, 0.15) is 0 Å². The number of carbonyl (C=O) groups excluding carboxylic acids is 1. The molecule has 0 aliphatic carbocycles. The summed E-state index contributed by atoms with van der Waals surface area (Å²) in [5, 5.41) is 7.21. The molecule has 0 aromatic rings. The molecule has 60 valence electrons. The molecule has 0 saturated carbocycles. The first-order chi connectivity index (χ1) is 5.25. The van der Waals surface area contributed by atoms with Crippen molar-refractivity contribution in [2.75, 3.05) is 6.61 Å². The van der Waals surface area contributed by atoms with Crippen LogP contribution in [-0.4, -0.2) is 18.6 Å². The third kappa shape index (κ3) is 1.86. The molecule has 1 atom stereocenters. The van der Waals surface area contributed by atoms with Crippen LogP contribution in [0.1, 0.15) is 6.92 Å². The fraction of sp³-hybridized carbons (Fsp3) is 0.500. The average Bonchev–Trinajstić information content (AvgIpc) is 2.36. The van der Waals surface area contributed by atoms with E-state index < -0.39 is 6.04 Å². The molecule has 0 spiro atoms. The second kappa shape index (κ2) is 3.61. The van der Waals surface area contributed by atoms with Gasteiger partial charge in [-0.2, -0.15) is 10.2 Å². The highest BCUT2D eigenvalue weighted by Crippen LogP contribution is 2.21. The Morgan fingerprint density at radius 2 is 2.64 bits per heavy atom. The molecule has 1 heterocycles. The summed E-state index contributed by atoms with van der Waals surface area (Å²) < 4.78 is 5.38. The van der Waals surface area contributed by atoms with Crippen molar-refractivity contribution in [3.8, 4) is 0 Å². The van der Waals surface area contributed by atoms with E-state index in [-0.39, 0.29) is 5.97 Å². The first kappa shape index (κ1) is 8.39. The molecule has 0 unspecified atom stereocenters. The van der Waals surface area contributed by atoms with Crippen molar-refractivity contribution in [1.29, 1.82) is 0 Å². The van der Waals surface area contributed by atoms with Gasteiger partial charge in [-0.25, -0.2) is 4.79 Å². The SMILES string of the molecule is CCOC(=O)[C@@H]1N=NC=C1Br. The Hall–Kier alpha value is -0.710. The van der Waals surface area contributed by atoms with E-state index in [2.05, 4.69) is 26.2 Å². The smallest absolute Gasteiger partial charge is 0.338 e. The molecule has 0 amide bonds. The number of azo groups is 1. The standard InChI is InChI=1S/C6H7BrN2O2/c1-2-11-6(10)5-4(7)3-8-9-5/h3,5H,2H2,1H3/t5-/m1/s1. The normalized spacial score (nSPS) is 21.6. The summed E-state index contributed by atoms with van der Waals surface area (Å²) in [7, 11) is 0. The van der Waals surface area contributed by atoms with Crippen LogP contribution < -0.4 is 0 Å². The molecule has 1 aliphatic heterocycles. The molecule has 0 bridgehead atoms. The molecule has 5 heteroatoms. The van der Waals surface area contributed by atoms with Gasteiger partial charge >= 0.3 is 5.97 Å². The number of halogens is 1. The Balaban J connectivity index is 2.55. The average molecular weight is 219 g/mol. The van der Waals surface area contributed by atoms with E-state index in [0.717, 1.165) is 0 Å². The van der Waals surface area contributed by atoms with Crippen molar-refractivity contribution in [3.63, 3.8) is 0 Å². The van der Waals surface area contributed by atoms with E-state index in [9.17, 15) is 4.79 Å². The topological polar surface area (TPSA) is 51.0 Å². The Morgan fingerprint density at radius 3 is 3.09 bits per heavy atom. The monoisotopic (exact) mass is 218 g/mol. The maximum absolute atomic E-state index is 11.0. The molecule has 4 nitrogen and oxygen atoms in total. The van der Waals surface area contributed by atoms with Crippen LogP contribution in [0.3, 0.4) is 0 Å². The van der Waals surface area contributed by atoms with Crippen LogP contribution in [0.5, 0.6) is 0 Å². The number of carbonyl (C=O) groups is 1. The lowest BCUT2D eigenvalue weighted by Crippen LogP contribution is -2.19. The molecule has 0 aromatic heterocycles. The Bertz CT molecular complexity index is 225. The number of esters is 1. The Kier molecular flexibility index (Phi) is 2.76. The quantitative estimate of drug-likeness (QED) is 0.662. The molecule has 0 radical (unpaired) electrons. The van der Waals surface area contributed by atoms with Crippen LogP contribution in [0.4, 0.5) is 0 Å². The minimum Gasteiger partial charge on any atom is -0.464 e. The van der Waals surface area contributed by atoms with Gasteiger partial charge in [0.15, 0.2) is 0 Å². The van der Waals surface area contributed by atoms with E-state index in [1.807, 2.05) is 0 Å². The first-order valence-electron chi connectivity index (χ1n) is 3.18. The van der Waals surface area contributed by atoms with Crippen molar-refractivity contribution in [2.24, 2.45) is 10.2 Å². The first-order valence-corrected chi connectivity index (χ1v) is 3.97. The van der Waals surface area contributed by atoms with Crippen LogP contribution in [0.25, 0.3) is 0 Å². The summed E-state index contributed by atoms with van der Waals surface area (Å²) in [5.41, 5.74) is 0. The maximum Gasteiger partial charge on any atom is 0.338 e. The van der Waals surface area contributed by atoms with Crippen LogP contribution >= 0.6 is 15.9 Å². The number of nitrogens with zero attached hydrogens (tertiary/aromatic N) is 2. The van der Waals surface area contributed by atoms with Crippen molar-refractivity contribution < 1.29 is 9.53 Å². The van der Waals surface area contributed by atoms with Crippen molar-refractivity contribution in [1.82, 2.24) is 0 Å². The van der Waals surface area contributed by atoms with E-state index in [4.69, 9.17) is 4.74 Å². The van der Waals surface area contributed by atoms with Gasteiger partial charge in [0.05, 0.1) is 17.3 Å². The van der Waals surface area contributed by atoms with Crippen LogP contribution in [0, 0.1) is 0 Å². The van der Waals surface area contributed by atoms with Crippen LogP contribution in [0.2, 0.25) is 0 Å². The third-order valence-corrected chi connectivity index (χ3v) is 1.77. The highest BCUT2D eigenvalue weighted by Gasteiger charge is 2.25. The molecule has 0 fully saturated rings. The predicted octanol–water partition coefficient (Wildman–Crippen LogP) is 1.62. The number of rotatable bonds is 2. The number of hydrogen-bond acceptors (Lipinski definition) is 4. The Morgan fingerprint density at radius 1 is 1.91 bits per heavy atom. The maximum atomic E-state index is 11.0. The van der Waals surface area contributed by atoms with Gasteiger partial charge in [-0.05, 0) is 6.92 Å². The number of hydrogen-bond donors (Lipinski definition) is 0. The van der Waals surface area contributed by atoms with Crippen LogP contribution in [-0.2, 0) is 9.53 Å². The molecule has 0 aromatic carbocycles. The van der Waals surface area contributed by atoms with Crippen LogP contribution in [0.15, 0.2) is 20.9 Å². The zero-order valence-electron chi connectivity index (χ0n) is 5.95. The minimum atomic E-state index is -0.574. The summed E-state index contributed by atoms with van der Waals surface area (Å²) in [6.45, 7) is 2.12. The fourth-order valence-electron chi connectivity index (χ4n) is 0.662. The highest BCUT2D eigenvalue weighted by molar-refractivity contribution is 9.11. The van der Waals surface area contributed by atoms with Gasteiger partial charge in [0.2, 0.25) is 6.04 Å². The van der Waals surface area contributed by atoms with Gasteiger partial charge < -0.3 is 4.74 Å². The molecule has 1 rings (SSSR count). The van der Waals surface area contributed by atoms with Crippen molar-refractivity contribution in [2.45, 2.75) is 13.0 Å². The molecule has 1 aliphatic rings. The second-order valence-electron chi connectivity index (χ2n) is 1.90. The molecular weight excluding hydrogens is 212 g/mol. The lowest BCUT2D eigenvalue weighted by Gasteiger charge is -2.04. The lowest BCUT2D eigenvalue weighted by molar-refractivity contribution is -0.143. The molecular formula is C6H7BrN2O2. The van der Waals surface area contributed by atoms with E-state index in [0.29, 0.717) is 11.1 Å². The summed E-state index contributed by atoms with van der Waals surface area (Å²) in [6, 6.07) is -0.574. The predicted molar refractivity (Wildman–Crippen MR) is 42.3 cm³/mol. The highest BCUT2D eigenvalue weighted by atomic mass is 79.9. The summed E-state index contributed by atoms with van der Waals surface area (Å²) in [4.78, 5) is 11.0. The van der Waals surface area contributed by atoms with Gasteiger partial charge in [0.25, 0.3) is 0 Å². The molecule has 0 N–H and O–H groups in total. The largest absolute Gasteiger partial charge is 0.464 e. The zero-order chi connectivity index (χ0) is 8.27. The molecule has 0 saturated heterocycles. The summed E-state index contributed by atoms with van der Waals surface area (Å²) in [5.74, 6) is -0.364. The Labute approximate surface area is 72.5 Å². The van der Waals surface area contributed by atoms with E-state index >= 15 is 0 Å². The fourth-order valence-corrected chi connectivity index (χ4v) is 1.03.